The van der Waals surface area contributed by atoms with Gasteiger partial charge in [0.05, 0.1) is 20.3 Å². The molecule has 0 saturated heterocycles. The molecule has 2 aromatic carbocycles. The van der Waals surface area contributed by atoms with Crippen LogP contribution in [0.2, 0.25) is 5.02 Å². The second-order valence-corrected chi connectivity index (χ2v) is 5.95. The van der Waals surface area contributed by atoms with Crippen LogP contribution in [0.4, 0.5) is 5.69 Å². The smallest absolute Gasteiger partial charge is 0.254 e. The number of methoxy groups -OCH3 is 1. The highest BCUT2D eigenvalue weighted by molar-refractivity contribution is 6.30. The molecule has 0 aliphatic rings. The fraction of sp³-hybridized carbons (Fsp3) is 0.263. The van der Waals surface area contributed by atoms with Crippen LogP contribution < -0.4 is 14.8 Å². The molecule has 26 heavy (non-hydrogen) atoms. The van der Waals surface area contributed by atoms with Gasteiger partial charge in [-0.2, -0.15) is 0 Å². The number of nitrogens with zero attached hydrogens (tertiary/aromatic N) is 1. The van der Waals surface area contributed by atoms with Crippen molar-refractivity contribution < 1.29 is 19.1 Å². The summed E-state index contributed by atoms with van der Waals surface area (Å²) in [6.07, 6.45) is 0. The molecule has 0 bridgehead atoms. The summed E-state index contributed by atoms with van der Waals surface area (Å²) in [6.45, 7) is 2.21. The van der Waals surface area contributed by atoms with Crippen molar-refractivity contribution in [1.29, 1.82) is 0 Å². The number of carbonyl (C=O) groups is 2. The minimum absolute atomic E-state index is 0.0859. The van der Waals surface area contributed by atoms with Gasteiger partial charge in [0.2, 0.25) is 5.91 Å². The summed E-state index contributed by atoms with van der Waals surface area (Å²) in [5.74, 6) is 0.438. The number of nitrogens with one attached hydrogen (secondary N) is 1. The van der Waals surface area contributed by atoms with E-state index in [1.54, 1.807) is 49.5 Å². The zero-order chi connectivity index (χ0) is 19.1. The van der Waals surface area contributed by atoms with Crippen molar-refractivity contribution in [2.24, 2.45) is 0 Å². The van der Waals surface area contributed by atoms with E-state index in [0.717, 1.165) is 0 Å². The number of amides is 2. The second kappa shape index (κ2) is 9.10. The first-order valence-corrected chi connectivity index (χ1v) is 8.44. The van der Waals surface area contributed by atoms with E-state index in [-0.39, 0.29) is 18.4 Å². The zero-order valence-electron chi connectivity index (χ0n) is 14.9. The molecule has 1 N–H and O–H groups in total. The van der Waals surface area contributed by atoms with Crippen LogP contribution in [-0.4, -0.2) is 44.0 Å². The second-order valence-electron chi connectivity index (χ2n) is 5.51. The summed E-state index contributed by atoms with van der Waals surface area (Å²) in [6, 6.07) is 11.7. The topological polar surface area (TPSA) is 67.9 Å². The normalized spacial score (nSPS) is 10.2. The molecule has 7 heteroatoms. The SMILES string of the molecule is CCOc1cc(C(=O)N(C)CC(=O)Nc2ccc(Cl)cc2)ccc1OC. The Balaban J connectivity index is 2.03. The Morgan fingerprint density at radius 3 is 2.42 bits per heavy atom. The molecule has 2 amide bonds. The lowest BCUT2D eigenvalue weighted by Gasteiger charge is -2.18. The lowest BCUT2D eigenvalue weighted by atomic mass is 10.1. The van der Waals surface area contributed by atoms with Crippen LogP contribution >= 0.6 is 11.6 Å². The molecular weight excluding hydrogens is 356 g/mol. The predicted molar refractivity (Wildman–Crippen MR) is 101 cm³/mol. The van der Waals surface area contributed by atoms with E-state index >= 15 is 0 Å². The van der Waals surface area contributed by atoms with Crippen LogP contribution in [0.1, 0.15) is 17.3 Å². The first-order valence-electron chi connectivity index (χ1n) is 8.06. The van der Waals surface area contributed by atoms with Gasteiger partial charge in [-0.25, -0.2) is 0 Å². The van der Waals surface area contributed by atoms with E-state index in [1.165, 1.54) is 12.0 Å². The van der Waals surface area contributed by atoms with Gasteiger partial charge in [0.1, 0.15) is 0 Å². The lowest BCUT2D eigenvalue weighted by molar-refractivity contribution is -0.116. The predicted octanol–water partition coefficient (Wildman–Crippen LogP) is 3.46. The van der Waals surface area contributed by atoms with Gasteiger partial charge in [0.15, 0.2) is 11.5 Å². The minimum Gasteiger partial charge on any atom is -0.493 e. The monoisotopic (exact) mass is 376 g/mol. The molecular formula is C19H21ClN2O4. The Labute approximate surface area is 157 Å². The molecule has 138 valence electrons. The zero-order valence-corrected chi connectivity index (χ0v) is 15.7. The highest BCUT2D eigenvalue weighted by atomic mass is 35.5. The van der Waals surface area contributed by atoms with Crippen molar-refractivity contribution in [3.05, 3.63) is 53.1 Å². The number of rotatable bonds is 7. The molecule has 2 rings (SSSR count). The Hall–Kier alpha value is -2.73. The summed E-state index contributed by atoms with van der Waals surface area (Å²) in [4.78, 5) is 26.0. The molecule has 0 aliphatic carbocycles. The third-order valence-electron chi connectivity index (χ3n) is 3.57. The van der Waals surface area contributed by atoms with Gasteiger partial charge >= 0.3 is 0 Å². The van der Waals surface area contributed by atoms with Crippen molar-refractivity contribution in [2.45, 2.75) is 6.92 Å². The first kappa shape index (κ1) is 19.6. The molecule has 6 nitrogen and oxygen atoms in total. The molecule has 0 unspecified atom stereocenters. The van der Waals surface area contributed by atoms with Gasteiger partial charge in [-0.3, -0.25) is 9.59 Å². The number of hydrogen-bond donors (Lipinski definition) is 1. The van der Waals surface area contributed by atoms with Gasteiger partial charge in [0, 0.05) is 23.3 Å². The van der Waals surface area contributed by atoms with E-state index in [2.05, 4.69) is 5.32 Å². The van der Waals surface area contributed by atoms with Gasteiger partial charge in [-0.05, 0) is 49.4 Å². The van der Waals surface area contributed by atoms with Gasteiger partial charge in [0.25, 0.3) is 5.91 Å². The number of likely N-dealkylation sites (N-methyl/N-ethyl adjacent to an activating group) is 1. The Morgan fingerprint density at radius 2 is 1.81 bits per heavy atom. The third kappa shape index (κ3) is 5.13. The molecule has 0 aromatic heterocycles. The lowest BCUT2D eigenvalue weighted by Crippen LogP contribution is -2.34. The highest BCUT2D eigenvalue weighted by Gasteiger charge is 2.17. The number of carbonyl (C=O) groups excluding carboxylic acids is 2. The van der Waals surface area contributed by atoms with Crippen molar-refractivity contribution in [3.8, 4) is 11.5 Å². The number of halogens is 1. The maximum Gasteiger partial charge on any atom is 0.254 e. The first-order chi connectivity index (χ1) is 12.4. The third-order valence-corrected chi connectivity index (χ3v) is 3.82. The quantitative estimate of drug-likeness (QED) is 0.803. The van der Waals surface area contributed by atoms with Crippen LogP contribution in [0.5, 0.6) is 11.5 Å². The van der Waals surface area contributed by atoms with Crippen LogP contribution in [0, 0.1) is 0 Å². The fourth-order valence-electron chi connectivity index (χ4n) is 2.32. The maximum atomic E-state index is 12.6. The standard InChI is InChI=1S/C19H21ClN2O4/c1-4-26-17-11-13(5-10-16(17)25-3)19(24)22(2)12-18(23)21-15-8-6-14(20)7-9-15/h5-11H,4,12H2,1-3H3,(H,21,23). The molecule has 0 fully saturated rings. The van der Waals surface area contributed by atoms with Crippen molar-refractivity contribution in [1.82, 2.24) is 4.90 Å². The Kier molecular flexibility index (Phi) is 6.86. The molecule has 0 aliphatic heterocycles. The molecule has 0 heterocycles. The summed E-state index contributed by atoms with van der Waals surface area (Å²) < 4.78 is 10.7. The average molecular weight is 377 g/mol. The van der Waals surface area contributed by atoms with E-state index in [9.17, 15) is 9.59 Å². The number of anilines is 1. The molecule has 0 radical (unpaired) electrons. The van der Waals surface area contributed by atoms with Gasteiger partial charge in [-0.15, -0.1) is 0 Å². The van der Waals surface area contributed by atoms with E-state index < -0.39 is 0 Å². The summed E-state index contributed by atoms with van der Waals surface area (Å²) in [7, 11) is 3.10. The summed E-state index contributed by atoms with van der Waals surface area (Å²) in [5.41, 5.74) is 1.03. The van der Waals surface area contributed by atoms with Gasteiger partial charge in [-0.1, -0.05) is 11.6 Å². The molecule has 0 spiro atoms. The van der Waals surface area contributed by atoms with Crippen LogP contribution in [0.15, 0.2) is 42.5 Å². The van der Waals surface area contributed by atoms with E-state index in [0.29, 0.717) is 34.4 Å². The largest absolute Gasteiger partial charge is 0.493 e. The number of benzene rings is 2. The maximum absolute atomic E-state index is 12.6. The summed E-state index contributed by atoms with van der Waals surface area (Å²) >= 11 is 5.81. The molecule has 2 aromatic rings. The van der Waals surface area contributed by atoms with Gasteiger partial charge < -0.3 is 19.7 Å². The van der Waals surface area contributed by atoms with E-state index in [4.69, 9.17) is 21.1 Å². The molecule has 0 atom stereocenters. The minimum atomic E-state index is -0.304. The fourth-order valence-corrected chi connectivity index (χ4v) is 2.45. The van der Waals surface area contributed by atoms with Crippen molar-refractivity contribution in [2.75, 3.05) is 32.6 Å². The highest BCUT2D eigenvalue weighted by Crippen LogP contribution is 2.28. The van der Waals surface area contributed by atoms with Crippen molar-refractivity contribution >= 4 is 29.1 Å². The van der Waals surface area contributed by atoms with Crippen LogP contribution in [0.3, 0.4) is 0 Å². The molecule has 0 saturated carbocycles. The van der Waals surface area contributed by atoms with Crippen LogP contribution in [-0.2, 0) is 4.79 Å². The number of hydrogen-bond acceptors (Lipinski definition) is 4. The Morgan fingerprint density at radius 1 is 1.12 bits per heavy atom. The average Bonchev–Trinajstić information content (AvgIpc) is 2.63. The van der Waals surface area contributed by atoms with E-state index in [1.807, 2.05) is 6.92 Å². The summed E-state index contributed by atoms with van der Waals surface area (Å²) in [5, 5.41) is 3.30. The van der Waals surface area contributed by atoms with Crippen LogP contribution in [0.25, 0.3) is 0 Å². The van der Waals surface area contributed by atoms with Crippen molar-refractivity contribution in [3.63, 3.8) is 0 Å². The number of ether oxygens (including phenoxy) is 2. The Bertz CT molecular complexity index is 778.